The zero-order valence-corrected chi connectivity index (χ0v) is 13.5. The summed E-state index contributed by atoms with van der Waals surface area (Å²) in [5.74, 6) is 0.125. The molecule has 23 heavy (non-hydrogen) atoms. The van der Waals surface area contributed by atoms with Gasteiger partial charge >= 0.3 is 0 Å². The van der Waals surface area contributed by atoms with Crippen LogP contribution in [0.4, 0.5) is 0 Å². The molecule has 3 heterocycles. The molecule has 1 aliphatic rings. The van der Waals surface area contributed by atoms with Crippen LogP contribution in [0.1, 0.15) is 24.6 Å². The van der Waals surface area contributed by atoms with E-state index in [9.17, 15) is 4.79 Å². The molecule has 1 fully saturated rings. The molecule has 0 saturated carbocycles. The number of aryl methyl sites for hydroxylation is 1. The van der Waals surface area contributed by atoms with Crippen molar-refractivity contribution in [1.29, 1.82) is 0 Å². The van der Waals surface area contributed by atoms with E-state index in [1.165, 1.54) is 11.8 Å². The second-order valence-corrected chi connectivity index (χ2v) is 5.88. The van der Waals surface area contributed by atoms with Crippen LogP contribution in [-0.4, -0.2) is 56.8 Å². The maximum absolute atomic E-state index is 12.3. The second kappa shape index (κ2) is 7.41. The van der Waals surface area contributed by atoms with E-state index in [-0.39, 0.29) is 5.91 Å². The number of nitrogens with zero attached hydrogens (tertiary/aromatic N) is 5. The Bertz CT molecular complexity index is 622. The van der Waals surface area contributed by atoms with Gasteiger partial charge < -0.3 is 9.42 Å². The van der Waals surface area contributed by atoms with Crippen LogP contribution < -0.4 is 0 Å². The minimum atomic E-state index is 0.125. The SMILES string of the molecule is CCn1cc(CN2CCCN(C(=O)Cc3ccon3)CC2)cn1. The predicted molar refractivity (Wildman–Crippen MR) is 84.6 cm³/mol. The number of hydrogen-bond acceptors (Lipinski definition) is 5. The Morgan fingerprint density at radius 3 is 2.96 bits per heavy atom. The highest BCUT2D eigenvalue weighted by Gasteiger charge is 2.20. The molecule has 0 atom stereocenters. The molecule has 124 valence electrons. The molecule has 0 unspecified atom stereocenters. The van der Waals surface area contributed by atoms with Gasteiger partial charge in [-0.25, -0.2) is 0 Å². The summed E-state index contributed by atoms with van der Waals surface area (Å²) in [6, 6.07) is 1.74. The average Bonchev–Trinajstić information content (AvgIpc) is 3.16. The molecule has 0 aromatic carbocycles. The minimum Gasteiger partial charge on any atom is -0.364 e. The van der Waals surface area contributed by atoms with Gasteiger partial charge in [0.15, 0.2) is 0 Å². The topological polar surface area (TPSA) is 67.4 Å². The Morgan fingerprint density at radius 1 is 1.30 bits per heavy atom. The monoisotopic (exact) mass is 317 g/mol. The lowest BCUT2D eigenvalue weighted by molar-refractivity contribution is -0.130. The summed E-state index contributed by atoms with van der Waals surface area (Å²) >= 11 is 0. The van der Waals surface area contributed by atoms with Gasteiger partial charge in [-0.15, -0.1) is 0 Å². The molecular formula is C16H23N5O2. The van der Waals surface area contributed by atoms with Crippen LogP contribution in [0.5, 0.6) is 0 Å². The van der Waals surface area contributed by atoms with Crippen molar-refractivity contribution in [2.24, 2.45) is 0 Å². The van der Waals surface area contributed by atoms with E-state index in [4.69, 9.17) is 4.52 Å². The fourth-order valence-electron chi connectivity index (χ4n) is 2.89. The maximum Gasteiger partial charge on any atom is 0.228 e. The van der Waals surface area contributed by atoms with Crippen LogP contribution in [-0.2, 0) is 24.3 Å². The first-order valence-electron chi connectivity index (χ1n) is 8.15. The summed E-state index contributed by atoms with van der Waals surface area (Å²) in [7, 11) is 0. The minimum absolute atomic E-state index is 0.125. The zero-order chi connectivity index (χ0) is 16.1. The van der Waals surface area contributed by atoms with Crippen molar-refractivity contribution >= 4 is 5.91 Å². The van der Waals surface area contributed by atoms with Crippen molar-refractivity contribution in [3.63, 3.8) is 0 Å². The number of aromatic nitrogens is 3. The van der Waals surface area contributed by atoms with E-state index in [0.29, 0.717) is 12.1 Å². The molecule has 0 N–H and O–H groups in total. The number of carbonyl (C=O) groups excluding carboxylic acids is 1. The van der Waals surface area contributed by atoms with Crippen LogP contribution in [0.2, 0.25) is 0 Å². The molecule has 3 rings (SSSR count). The van der Waals surface area contributed by atoms with Gasteiger partial charge in [-0.1, -0.05) is 5.16 Å². The Labute approximate surface area is 135 Å². The third-order valence-electron chi connectivity index (χ3n) is 4.18. The van der Waals surface area contributed by atoms with Crippen molar-refractivity contribution in [3.05, 3.63) is 36.0 Å². The fourth-order valence-corrected chi connectivity index (χ4v) is 2.89. The average molecular weight is 317 g/mol. The largest absolute Gasteiger partial charge is 0.364 e. The van der Waals surface area contributed by atoms with Crippen molar-refractivity contribution in [2.75, 3.05) is 26.2 Å². The molecule has 0 spiro atoms. The highest BCUT2D eigenvalue weighted by Crippen LogP contribution is 2.10. The van der Waals surface area contributed by atoms with Crippen molar-refractivity contribution in [1.82, 2.24) is 24.7 Å². The molecule has 2 aromatic rings. The lowest BCUT2D eigenvalue weighted by Crippen LogP contribution is -2.36. The van der Waals surface area contributed by atoms with Crippen molar-refractivity contribution in [2.45, 2.75) is 32.9 Å². The van der Waals surface area contributed by atoms with Gasteiger partial charge in [0.05, 0.1) is 18.3 Å². The lowest BCUT2D eigenvalue weighted by Gasteiger charge is -2.21. The van der Waals surface area contributed by atoms with E-state index < -0.39 is 0 Å². The summed E-state index contributed by atoms with van der Waals surface area (Å²) in [4.78, 5) is 16.7. The van der Waals surface area contributed by atoms with E-state index in [1.54, 1.807) is 6.07 Å². The van der Waals surface area contributed by atoms with E-state index in [1.807, 2.05) is 15.8 Å². The van der Waals surface area contributed by atoms with E-state index >= 15 is 0 Å². The summed E-state index contributed by atoms with van der Waals surface area (Å²) in [5.41, 5.74) is 1.93. The van der Waals surface area contributed by atoms with Gasteiger partial charge in [-0.3, -0.25) is 14.4 Å². The van der Waals surface area contributed by atoms with Gasteiger partial charge in [0, 0.05) is 57.1 Å². The van der Waals surface area contributed by atoms with Crippen LogP contribution in [0.25, 0.3) is 0 Å². The van der Waals surface area contributed by atoms with Gasteiger partial charge in [-0.2, -0.15) is 5.10 Å². The molecule has 1 aliphatic heterocycles. The standard InChI is InChI=1S/C16H23N5O2/c1-2-21-13-14(11-17-21)12-19-5-3-6-20(8-7-19)16(22)10-15-4-9-23-18-15/h4,9,11,13H,2-3,5-8,10,12H2,1H3. The fraction of sp³-hybridized carbons (Fsp3) is 0.562. The summed E-state index contributed by atoms with van der Waals surface area (Å²) in [5, 5.41) is 8.13. The number of hydrogen-bond donors (Lipinski definition) is 0. The normalized spacial score (nSPS) is 16.5. The van der Waals surface area contributed by atoms with E-state index in [0.717, 1.165) is 45.7 Å². The first kappa shape index (κ1) is 15.7. The van der Waals surface area contributed by atoms with Crippen LogP contribution in [0.3, 0.4) is 0 Å². The molecule has 0 bridgehead atoms. The Hall–Kier alpha value is -2.15. The first-order chi connectivity index (χ1) is 11.2. The molecule has 0 aliphatic carbocycles. The van der Waals surface area contributed by atoms with Crippen molar-refractivity contribution in [3.8, 4) is 0 Å². The molecule has 1 amide bonds. The Kier molecular flexibility index (Phi) is 5.07. The van der Waals surface area contributed by atoms with Gasteiger partial charge in [0.1, 0.15) is 6.26 Å². The smallest absolute Gasteiger partial charge is 0.228 e. The Morgan fingerprint density at radius 2 is 2.22 bits per heavy atom. The quantitative estimate of drug-likeness (QED) is 0.828. The maximum atomic E-state index is 12.3. The Balaban J connectivity index is 1.51. The summed E-state index contributed by atoms with van der Waals surface area (Å²) in [6.45, 7) is 7.34. The van der Waals surface area contributed by atoms with Gasteiger partial charge in [-0.05, 0) is 13.3 Å². The molecular weight excluding hydrogens is 294 g/mol. The zero-order valence-electron chi connectivity index (χ0n) is 13.5. The van der Waals surface area contributed by atoms with Crippen LogP contribution in [0.15, 0.2) is 29.2 Å². The number of amides is 1. The molecule has 0 radical (unpaired) electrons. The van der Waals surface area contributed by atoms with Crippen LogP contribution >= 0.6 is 0 Å². The third-order valence-corrected chi connectivity index (χ3v) is 4.18. The molecule has 7 heteroatoms. The lowest BCUT2D eigenvalue weighted by atomic mass is 10.2. The third kappa shape index (κ3) is 4.19. The van der Waals surface area contributed by atoms with Gasteiger partial charge in [0.2, 0.25) is 5.91 Å². The predicted octanol–water partition coefficient (Wildman–Crippen LogP) is 1.17. The van der Waals surface area contributed by atoms with Crippen molar-refractivity contribution < 1.29 is 9.32 Å². The second-order valence-electron chi connectivity index (χ2n) is 5.88. The first-order valence-corrected chi connectivity index (χ1v) is 8.15. The highest BCUT2D eigenvalue weighted by atomic mass is 16.5. The van der Waals surface area contributed by atoms with Gasteiger partial charge in [0.25, 0.3) is 0 Å². The van der Waals surface area contributed by atoms with Crippen LogP contribution in [0, 0.1) is 0 Å². The highest BCUT2D eigenvalue weighted by molar-refractivity contribution is 5.78. The molecule has 7 nitrogen and oxygen atoms in total. The molecule has 1 saturated heterocycles. The number of carbonyl (C=O) groups is 1. The van der Waals surface area contributed by atoms with E-state index in [2.05, 4.69) is 28.3 Å². The number of rotatable bonds is 5. The molecule has 2 aromatic heterocycles. The summed E-state index contributed by atoms with van der Waals surface area (Å²) < 4.78 is 6.73. The summed E-state index contributed by atoms with van der Waals surface area (Å²) in [6.07, 6.45) is 6.84.